The van der Waals surface area contributed by atoms with Crippen LogP contribution in [0.3, 0.4) is 0 Å². The normalized spacial score (nSPS) is 23.1. The molecule has 1 saturated heterocycles. The molecule has 0 bridgehead atoms. The molecular formula is C12H12F3NO2. The molecule has 0 aliphatic carbocycles. The molecule has 2 unspecified atom stereocenters. The largest absolute Gasteiger partial charge is 0.469 e. The maximum atomic E-state index is 13.6. The second-order valence-corrected chi connectivity index (χ2v) is 4.18. The Kier molecular flexibility index (Phi) is 3.56. The van der Waals surface area contributed by atoms with Gasteiger partial charge in [0.25, 0.3) is 0 Å². The summed E-state index contributed by atoms with van der Waals surface area (Å²) in [5.74, 6) is -4.84. The molecule has 6 heteroatoms. The van der Waals surface area contributed by atoms with Crippen LogP contribution < -0.4 is 5.32 Å². The minimum Gasteiger partial charge on any atom is -0.469 e. The average Bonchev–Trinajstić information content (AvgIpc) is 2.81. The number of carbonyl (C=O) groups excluding carboxylic acids is 1. The zero-order chi connectivity index (χ0) is 13.3. The Morgan fingerprint density at radius 1 is 1.22 bits per heavy atom. The summed E-state index contributed by atoms with van der Waals surface area (Å²) in [4.78, 5) is 11.5. The van der Waals surface area contributed by atoms with Crippen LogP contribution in [0.5, 0.6) is 0 Å². The summed E-state index contributed by atoms with van der Waals surface area (Å²) in [7, 11) is 1.24. The van der Waals surface area contributed by atoms with Gasteiger partial charge >= 0.3 is 5.97 Å². The number of halogens is 3. The van der Waals surface area contributed by atoms with Crippen molar-refractivity contribution in [2.45, 2.75) is 5.92 Å². The van der Waals surface area contributed by atoms with Crippen molar-refractivity contribution in [1.82, 2.24) is 5.32 Å². The first kappa shape index (κ1) is 12.9. The van der Waals surface area contributed by atoms with Gasteiger partial charge in [-0.2, -0.15) is 0 Å². The molecule has 0 spiro atoms. The Labute approximate surface area is 102 Å². The minimum atomic E-state index is -1.24. The van der Waals surface area contributed by atoms with Gasteiger partial charge in [0.15, 0.2) is 11.6 Å². The zero-order valence-electron chi connectivity index (χ0n) is 9.67. The quantitative estimate of drug-likeness (QED) is 0.647. The van der Waals surface area contributed by atoms with Crippen molar-refractivity contribution >= 4 is 5.97 Å². The van der Waals surface area contributed by atoms with Crippen molar-refractivity contribution in [3.8, 4) is 0 Å². The third kappa shape index (κ3) is 2.20. The standard InChI is InChI=1S/C12H12F3NO2/c1-18-12(17)8-5-16-4-7(8)6-2-10(14)11(15)3-9(6)13/h2-3,7-8,16H,4-5H2,1H3. The molecule has 18 heavy (non-hydrogen) atoms. The van der Waals surface area contributed by atoms with E-state index in [4.69, 9.17) is 0 Å². The fourth-order valence-corrected chi connectivity index (χ4v) is 2.23. The average molecular weight is 259 g/mol. The predicted octanol–water partition coefficient (Wildman–Crippen LogP) is 1.58. The SMILES string of the molecule is COC(=O)C1CNCC1c1cc(F)c(F)cc1F. The molecule has 1 aromatic rings. The van der Waals surface area contributed by atoms with Crippen molar-refractivity contribution in [1.29, 1.82) is 0 Å². The summed E-state index contributed by atoms with van der Waals surface area (Å²) in [6, 6.07) is 1.30. The molecule has 1 aliphatic rings. The van der Waals surface area contributed by atoms with Crippen molar-refractivity contribution in [2.24, 2.45) is 5.92 Å². The van der Waals surface area contributed by atoms with Gasteiger partial charge in [-0.05, 0) is 11.6 Å². The number of esters is 1. The molecule has 2 atom stereocenters. The summed E-state index contributed by atoms with van der Waals surface area (Å²) < 4.78 is 44.2. The van der Waals surface area contributed by atoms with E-state index >= 15 is 0 Å². The number of ether oxygens (including phenoxy) is 1. The number of benzene rings is 1. The Bertz CT molecular complexity index is 479. The van der Waals surface area contributed by atoms with E-state index in [9.17, 15) is 18.0 Å². The van der Waals surface area contributed by atoms with Gasteiger partial charge in [-0.1, -0.05) is 0 Å². The number of rotatable bonds is 2. The molecule has 0 radical (unpaired) electrons. The van der Waals surface area contributed by atoms with Crippen molar-refractivity contribution in [3.05, 3.63) is 35.1 Å². The third-order valence-electron chi connectivity index (χ3n) is 3.16. The lowest BCUT2D eigenvalue weighted by atomic mass is 9.88. The highest BCUT2D eigenvalue weighted by Gasteiger charge is 2.36. The Hall–Kier alpha value is -1.56. The second-order valence-electron chi connectivity index (χ2n) is 4.18. The van der Waals surface area contributed by atoms with E-state index in [0.29, 0.717) is 19.2 Å². The summed E-state index contributed by atoms with van der Waals surface area (Å²) in [6.45, 7) is 0.650. The molecule has 1 fully saturated rings. The molecular weight excluding hydrogens is 247 g/mol. The highest BCUT2D eigenvalue weighted by atomic mass is 19.2. The van der Waals surface area contributed by atoms with E-state index in [1.807, 2.05) is 0 Å². The van der Waals surface area contributed by atoms with Crippen LogP contribution in [-0.2, 0) is 9.53 Å². The van der Waals surface area contributed by atoms with Crippen molar-refractivity contribution in [3.63, 3.8) is 0 Å². The Balaban J connectivity index is 2.36. The fourth-order valence-electron chi connectivity index (χ4n) is 2.23. The lowest BCUT2D eigenvalue weighted by molar-refractivity contribution is -0.145. The number of carbonyl (C=O) groups is 1. The lowest BCUT2D eigenvalue weighted by Gasteiger charge is -2.17. The van der Waals surface area contributed by atoms with Crippen LogP contribution in [0.4, 0.5) is 13.2 Å². The van der Waals surface area contributed by atoms with E-state index in [2.05, 4.69) is 10.1 Å². The van der Waals surface area contributed by atoms with E-state index in [0.717, 1.165) is 6.07 Å². The highest BCUT2D eigenvalue weighted by molar-refractivity contribution is 5.74. The Morgan fingerprint density at radius 2 is 1.89 bits per heavy atom. The molecule has 3 nitrogen and oxygen atoms in total. The topological polar surface area (TPSA) is 38.3 Å². The van der Waals surface area contributed by atoms with Crippen LogP contribution >= 0.6 is 0 Å². The molecule has 1 N–H and O–H groups in total. The molecule has 1 heterocycles. The monoisotopic (exact) mass is 259 g/mol. The van der Waals surface area contributed by atoms with Gasteiger partial charge in [-0.25, -0.2) is 13.2 Å². The molecule has 2 rings (SSSR count). The van der Waals surface area contributed by atoms with Crippen LogP contribution in [-0.4, -0.2) is 26.2 Å². The number of methoxy groups -OCH3 is 1. The van der Waals surface area contributed by atoms with E-state index < -0.39 is 35.3 Å². The van der Waals surface area contributed by atoms with Crippen LogP contribution in [0.15, 0.2) is 12.1 Å². The number of hydrogen-bond donors (Lipinski definition) is 1. The summed E-state index contributed by atoms with van der Waals surface area (Å²) in [5, 5.41) is 2.91. The lowest BCUT2D eigenvalue weighted by Crippen LogP contribution is -2.23. The van der Waals surface area contributed by atoms with Gasteiger partial charge in [0.1, 0.15) is 5.82 Å². The van der Waals surface area contributed by atoms with E-state index in [-0.39, 0.29) is 5.56 Å². The maximum absolute atomic E-state index is 13.6. The number of hydrogen-bond acceptors (Lipinski definition) is 3. The van der Waals surface area contributed by atoms with Crippen LogP contribution in [0.1, 0.15) is 11.5 Å². The third-order valence-corrected chi connectivity index (χ3v) is 3.16. The predicted molar refractivity (Wildman–Crippen MR) is 57.4 cm³/mol. The second kappa shape index (κ2) is 4.97. The molecule has 1 aliphatic heterocycles. The van der Waals surface area contributed by atoms with Gasteiger partial charge in [0.2, 0.25) is 0 Å². The molecule has 98 valence electrons. The first-order valence-corrected chi connectivity index (χ1v) is 5.47. The summed E-state index contributed by atoms with van der Waals surface area (Å²) in [6.07, 6.45) is 0. The van der Waals surface area contributed by atoms with Gasteiger partial charge in [0.05, 0.1) is 13.0 Å². The fraction of sp³-hybridized carbons (Fsp3) is 0.417. The summed E-state index contributed by atoms with van der Waals surface area (Å²) in [5.41, 5.74) is -0.00528. The first-order valence-electron chi connectivity index (χ1n) is 5.47. The molecule has 0 saturated carbocycles. The van der Waals surface area contributed by atoms with E-state index in [1.165, 1.54) is 7.11 Å². The van der Waals surface area contributed by atoms with Crippen LogP contribution in [0.2, 0.25) is 0 Å². The summed E-state index contributed by atoms with van der Waals surface area (Å²) >= 11 is 0. The smallest absolute Gasteiger partial charge is 0.310 e. The van der Waals surface area contributed by atoms with Gasteiger partial charge in [0, 0.05) is 25.1 Å². The maximum Gasteiger partial charge on any atom is 0.310 e. The molecule has 0 aromatic heterocycles. The minimum absolute atomic E-state index is 0.00528. The molecule has 0 amide bonds. The highest BCUT2D eigenvalue weighted by Crippen LogP contribution is 2.31. The van der Waals surface area contributed by atoms with Crippen LogP contribution in [0.25, 0.3) is 0 Å². The van der Waals surface area contributed by atoms with Crippen molar-refractivity contribution in [2.75, 3.05) is 20.2 Å². The first-order chi connectivity index (χ1) is 8.54. The van der Waals surface area contributed by atoms with Gasteiger partial charge in [-0.3, -0.25) is 4.79 Å². The zero-order valence-corrected chi connectivity index (χ0v) is 9.67. The van der Waals surface area contributed by atoms with Gasteiger partial charge < -0.3 is 10.1 Å². The Morgan fingerprint density at radius 3 is 2.56 bits per heavy atom. The van der Waals surface area contributed by atoms with Crippen LogP contribution in [0, 0.1) is 23.4 Å². The van der Waals surface area contributed by atoms with Gasteiger partial charge in [-0.15, -0.1) is 0 Å². The molecule has 1 aromatic carbocycles. The van der Waals surface area contributed by atoms with E-state index in [1.54, 1.807) is 0 Å². The number of nitrogens with one attached hydrogen (secondary N) is 1. The van der Waals surface area contributed by atoms with Crippen molar-refractivity contribution < 1.29 is 22.7 Å².